The van der Waals surface area contributed by atoms with Crippen LogP contribution in [0.25, 0.3) is 0 Å². The number of aryl methyl sites for hydroxylation is 6. The van der Waals surface area contributed by atoms with Crippen LogP contribution in [-0.2, 0) is 35.3 Å². The number of amides is 1. The molecule has 1 amide bonds. The van der Waals surface area contributed by atoms with Gasteiger partial charge in [-0.1, -0.05) is 89.8 Å². The van der Waals surface area contributed by atoms with Crippen molar-refractivity contribution < 1.29 is 19.2 Å². The van der Waals surface area contributed by atoms with Crippen molar-refractivity contribution in [1.29, 1.82) is 0 Å². The summed E-state index contributed by atoms with van der Waals surface area (Å²) in [5.74, 6) is -1.63. The Labute approximate surface area is 289 Å². The van der Waals surface area contributed by atoms with E-state index in [4.69, 9.17) is 11.6 Å². The Bertz CT molecular complexity index is 1380. The van der Waals surface area contributed by atoms with E-state index in [2.05, 4.69) is 37.8 Å². The summed E-state index contributed by atoms with van der Waals surface area (Å²) in [5.41, 5.74) is 9.08. The lowest BCUT2D eigenvalue weighted by Crippen LogP contribution is -2.31. The summed E-state index contributed by atoms with van der Waals surface area (Å²) >= 11 is 5.27. The molecule has 0 aromatic heterocycles. The fourth-order valence-electron chi connectivity index (χ4n) is 5.36. The minimum Gasteiger partial charge on any atom is -0.295 e. The van der Waals surface area contributed by atoms with Crippen LogP contribution in [0.2, 0.25) is 0 Å². The number of hydrogen-bond acceptors (Lipinski definition) is 6. The molecule has 2 aromatic rings. The van der Waals surface area contributed by atoms with Gasteiger partial charge in [0.15, 0.2) is 0 Å². The van der Waals surface area contributed by atoms with Crippen LogP contribution >= 0.6 is 11.6 Å². The molecule has 0 heterocycles. The van der Waals surface area contributed by atoms with Gasteiger partial charge in [0, 0.05) is 36.1 Å². The zero-order chi connectivity index (χ0) is 36.3. The van der Waals surface area contributed by atoms with Crippen LogP contribution < -0.4 is 0 Å². The number of rotatable bonds is 14. The Morgan fingerprint density at radius 2 is 1.00 bits per heavy atom. The van der Waals surface area contributed by atoms with Crippen molar-refractivity contribution in [2.24, 2.45) is 10.1 Å². The fraction of sp³-hybridized carbons (Fsp3) is 0.538. The third kappa shape index (κ3) is 14.5. The highest BCUT2D eigenvalue weighted by molar-refractivity contribution is 6.83. The maximum Gasteiger partial charge on any atom is 0.314 e. The Balaban J connectivity index is 0.000000761. The molecule has 8 heteroatoms. The average molecular weight is 668 g/mol. The number of carbonyl (C=O) groups is 4. The Hall–Kier alpha value is -3.45. The van der Waals surface area contributed by atoms with E-state index in [-0.39, 0.29) is 0 Å². The highest BCUT2D eigenvalue weighted by Gasteiger charge is 2.25. The molecule has 0 spiro atoms. The molecular formula is C39H58ClN3O4. The molecule has 0 aliphatic rings. The lowest BCUT2D eigenvalue weighted by Gasteiger charge is -2.16. The first-order chi connectivity index (χ1) is 22.2. The average Bonchev–Trinajstić information content (AvgIpc) is 3.03. The van der Waals surface area contributed by atoms with E-state index in [0.717, 1.165) is 90.6 Å². The number of hydrazone groups is 1. The second kappa shape index (κ2) is 23.0. The van der Waals surface area contributed by atoms with Gasteiger partial charge in [0.25, 0.3) is 11.0 Å². The Kier molecular flexibility index (Phi) is 21.3. The third-order valence-electron chi connectivity index (χ3n) is 7.51. The molecule has 47 heavy (non-hydrogen) atoms. The number of likely N-dealkylation sites (N-methyl/N-ethyl adjacent to an activating group) is 1. The molecule has 0 bridgehead atoms. The molecule has 0 atom stereocenters. The van der Waals surface area contributed by atoms with E-state index in [0.29, 0.717) is 11.1 Å². The number of aliphatic imine (C=N–C) groups is 1. The van der Waals surface area contributed by atoms with Gasteiger partial charge in [-0.15, -0.1) is 0 Å². The summed E-state index contributed by atoms with van der Waals surface area (Å²) in [6.07, 6.45) is 7.05. The third-order valence-corrected chi connectivity index (χ3v) is 7.68. The van der Waals surface area contributed by atoms with E-state index >= 15 is 0 Å². The second-order valence-electron chi connectivity index (χ2n) is 11.6. The first-order valence-corrected chi connectivity index (χ1v) is 17.4. The second-order valence-corrected chi connectivity index (χ2v) is 12.0. The summed E-state index contributed by atoms with van der Waals surface area (Å²) < 4.78 is 0. The van der Waals surface area contributed by atoms with Gasteiger partial charge in [0.2, 0.25) is 5.78 Å². The summed E-state index contributed by atoms with van der Waals surface area (Å²) in [5, 5.41) is 4.48. The standard InChI is InChI=1S/C19H28N2O2.C13H15ClO2.C7H15N/c1-7-10-14(5)20-21(6)19(23)18(22)17-15(8-2)11-13(4)12-16(17)9-3;1-4-9-6-8(3)7-10(5-2)11(9)12(15)13(14)16;1-4-6-7(3)8-5-2/h11-12H,7-10H2,1-6H3;6-7H,4-5H2,1-3H3;4-6H2,1-3H3. The van der Waals surface area contributed by atoms with Crippen LogP contribution in [-0.4, -0.2) is 52.7 Å². The number of hydrogen-bond donors (Lipinski definition) is 0. The molecule has 2 aromatic carbocycles. The van der Waals surface area contributed by atoms with Crippen LogP contribution in [0.4, 0.5) is 0 Å². The molecule has 0 radical (unpaired) electrons. The minimum absolute atomic E-state index is 0.464. The molecule has 0 saturated heterocycles. The quantitative estimate of drug-likeness (QED) is 0.0659. The Morgan fingerprint density at radius 3 is 1.32 bits per heavy atom. The smallest absolute Gasteiger partial charge is 0.295 e. The summed E-state index contributed by atoms with van der Waals surface area (Å²) in [4.78, 5) is 52.2. The van der Waals surface area contributed by atoms with Crippen LogP contribution in [0, 0.1) is 13.8 Å². The lowest BCUT2D eigenvalue weighted by atomic mass is 9.92. The molecule has 0 fully saturated rings. The van der Waals surface area contributed by atoms with E-state index in [1.807, 2.05) is 72.7 Å². The van der Waals surface area contributed by atoms with Gasteiger partial charge in [0.05, 0.1) is 0 Å². The molecule has 0 saturated carbocycles. The Morgan fingerprint density at radius 1 is 0.638 bits per heavy atom. The predicted octanol–water partition coefficient (Wildman–Crippen LogP) is 9.27. The van der Waals surface area contributed by atoms with Crippen molar-refractivity contribution in [3.8, 4) is 0 Å². The number of halogens is 1. The van der Waals surface area contributed by atoms with Crippen LogP contribution in [0.15, 0.2) is 34.4 Å². The van der Waals surface area contributed by atoms with Crippen molar-refractivity contribution >= 4 is 45.7 Å². The zero-order valence-corrected chi connectivity index (χ0v) is 31.8. The molecule has 2 rings (SSSR count). The van der Waals surface area contributed by atoms with Gasteiger partial charge >= 0.3 is 5.91 Å². The van der Waals surface area contributed by atoms with Gasteiger partial charge in [0.1, 0.15) is 0 Å². The highest BCUT2D eigenvalue weighted by Crippen LogP contribution is 2.22. The normalized spacial score (nSPS) is 11.2. The van der Waals surface area contributed by atoms with Crippen molar-refractivity contribution in [2.75, 3.05) is 13.6 Å². The van der Waals surface area contributed by atoms with Crippen molar-refractivity contribution in [2.45, 2.75) is 128 Å². The largest absolute Gasteiger partial charge is 0.314 e. The maximum absolute atomic E-state index is 12.7. The minimum atomic E-state index is -0.909. The molecule has 0 aliphatic carbocycles. The highest BCUT2D eigenvalue weighted by atomic mass is 35.5. The van der Waals surface area contributed by atoms with Crippen LogP contribution in [0.3, 0.4) is 0 Å². The fourth-order valence-corrected chi connectivity index (χ4v) is 5.45. The maximum atomic E-state index is 12.7. The number of nitrogens with zero attached hydrogens (tertiary/aromatic N) is 3. The zero-order valence-electron chi connectivity index (χ0n) is 31.0. The SMILES string of the molecule is CCCC(C)=NCC.CCCC(C)=NN(C)C(=O)C(=O)c1c(CC)cc(C)cc1CC.CCc1cc(C)cc(CC)c1C(=O)C(=O)Cl. The van der Waals surface area contributed by atoms with E-state index in [1.165, 1.54) is 17.1 Å². The molecule has 260 valence electrons. The van der Waals surface area contributed by atoms with Gasteiger partial charge in [-0.05, 0) is 107 Å². The monoisotopic (exact) mass is 667 g/mol. The first kappa shape index (κ1) is 43.5. The van der Waals surface area contributed by atoms with Gasteiger partial charge < -0.3 is 0 Å². The number of carbonyl (C=O) groups excluding carboxylic acids is 4. The molecule has 7 nitrogen and oxygen atoms in total. The summed E-state index contributed by atoms with van der Waals surface area (Å²) in [7, 11) is 1.55. The number of benzene rings is 2. The first-order valence-electron chi connectivity index (χ1n) is 17.0. The van der Waals surface area contributed by atoms with Crippen LogP contribution in [0.5, 0.6) is 0 Å². The number of ketones is 2. The lowest BCUT2D eigenvalue weighted by molar-refractivity contribution is -0.125. The van der Waals surface area contributed by atoms with E-state index in [1.54, 1.807) is 7.05 Å². The topological polar surface area (TPSA) is 96.2 Å². The van der Waals surface area contributed by atoms with Gasteiger partial charge in [-0.2, -0.15) is 5.10 Å². The molecule has 0 N–H and O–H groups in total. The number of Topliss-reactive ketones (excluding diaryl/α,β-unsaturated/α-hetero) is 2. The summed E-state index contributed by atoms with van der Waals surface area (Å²) in [6.45, 7) is 23.1. The van der Waals surface area contributed by atoms with Crippen molar-refractivity contribution in [3.63, 3.8) is 0 Å². The van der Waals surface area contributed by atoms with Crippen LogP contribution in [0.1, 0.15) is 142 Å². The molecule has 0 aliphatic heterocycles. The molecule has 0 unspecified atom stereocenters. The summed E-state index contributed by atoms with van der Waals surface area (Å²) in [6, 6.07) is 7.86. The van der Waals surface area contributed by atoms with Gasteiger partial charge in [-0.25, -0.2) is 5.01 Å². The molecular weight excluding hydrogens is 610 g/mol. The predicted molar refractivity (Wildman–Crippen MR) is 199 cm³/mol. The van der Waals surface area contributed by atoms with Gasteiger partial charge in [-0.3, -0.25) is 24.2 Å². The van der Waals surface area contributed by atoms with Crippen molar-refractivity contribution in [1.82, 2.24) is 5.01 Å². The van der Waals surface area contributed by atoms with Crippen molar-refractivity contribution in [3.05, 3.63) is 68.8 Å². The van der Waals surface area contributed by atoms with E-state index in [9.17, 15) is 19.2 Å². The van der Waals surface area contributed by atoms with E-state index < -0.39 is 22.7 Å².